The fraction of sp³-hybridized carbons (Fsp3) is 0.583. The zero-order chi connectivity index (χ0) is 9.80. The van der Waals surface area contributed by atoms with Crippen molar-refractivity contribution in [3.05, 3.63) is 23.9 Å². The number of fused-ring (bicyclic) bond motifs is 1. The number of rotatable bonds is 2. The molecule has 0 bridgehead atoms. The van der Waals surface area contributed by atoms with Crippen LogP contribution in [0.3, 0.4) is 0 Å². The van der Waals surface area contributed by atoms with Gasteiger partial charge in [0, 0.05) is 24.7 Å². The summed E-state index contributed by atoms with van der Waals surface area (Å²) < 4.78 is 0. The Hall–Kier alpha value is -1.23. The summed E-state index contributed by atoms with van der Waals surface area (Å²) in [6.45, 7) is 2.05. The van der Waals surface area contributed by atoms with Gasteiger partial charge in [0.05, 0.1) is 12.5 Å². The quantitative estimate of drug-likeness (QED) is 0.665. The maximum atomic E-state index is 8.58. The molecule has 0 saturated carbocycles. The minimum atomic E-state index is 0.647. The lowest BCUT2D eigenvalue weighted by Gasteiger charge is -2.37. The van der Waals surface area contributed by atoms with E-state index < -0.39 is 0 Å². The number of nitrogens with zero attached hydrogens (tertiary/aromatic N) is 2. The molecule has 0 aromatic carbocycles. The molecule has 0 N–H and O–H groups in total. The number of hydrogen-bond acceptors (Lipinski definition) is 2. The van der Waals surface area contributed by atoms with E-state index in [2.05, 4.69) is 29.2 Å². The second kappa shape index (κ2) is 4.32. The van der Waals surface area contributed by atoms with E-state index in [1.807, 2.05) is 0 Å². The van der Waals surface area contributed by atoms with Crippen molar-refractivity contribution in [1.29, 1.82) is 5.26 Å². The van der Waals surface area contributed by atoms with Crippen molar-refractivity contribution in [2.24, 2.45) is 5.92 Å². The maximum absolute atomic E-state index is 8.58. The summed E-state index contributed by atoms with van der Waals surface area (Å²) in [6, 6.07) is 2.22. The summed E-state index contributed by atoms with van der Waals surface area (Å²) in [4.78, 5) is 2.39. The van der Waals surface area contributed by atoms with Crippen LogP contribution in [0.2, 0.25) is 0 Å². The summed E-state index contributed by atoms with van der Waals surface area (Å²) in [7, 11) is 0. The molecule has 0 aromatic rings. The molecule has 0 aromatic heterocycles. The normalized spacial score (nSPS) is 25.2. The molecular weight excluding hydrogens is 172 g/mol. The molecule has 1 heterocycles. The zero-order valence-electron chi connectivity index (χ0n) is 8.45. The highest BCUT2D eigenvalue weighted by molar-refractivity contribution is 5.21. The standard InChI is InChI=1S/C12H16N2/c13-8-4-10-14-9-3-6-11-5-1-2-7-12(11)14/h1-2,7,11H,3-6,9-10H2. The van der Waals surface area contributed by atoms with Crippen molar-refractivity contribution in [3.63, 3.8) is 0 Å². The average molecular weight is 188 g/mol. The van der Waals surface area contributed by atoms with Crippen LogP contribution in [0.4, 0.5) is 0 Å². The van der Waals surface area contributed by atoms with Crippen LogP contribution in [0, 0.1) is 17.2 Å². The van der Waals surface area contributed by atoms with Gasteiger partial charge in [0.2, 0.25) is 0 Å². The predicted molar refractivity (Wildman–Crippen MR) is 56.4 cm³/mol. The Kier molecular flexibility index (Phi) is 2.88. The van der Waals surface area contributed by atoms with E-state index in [0.29, 0.717) is 6.42 Å². The predicted octanol–water partition coefficient (Wildman–Crippen LogP) is 2.46. The Morgan fingerprint density at radius 1 is 1.57 bits per heavy atom. The fourth-order valence-electron chi connectivity index (χ4n) is 2.38. The number of nitriles is 1. The monoisotopic (exact) mass is 188 g/mol. The van der Waals surface area contributed by atoms with Gasteiger partial charge >= 0.3 is 0 Å². The Labute approximate surface area is 85.5 Å². The molecule has 0 spiro atoms. The van der Waals surface area contributed by atoms with E-state index in [1.54, 1.807) is 0 Å². The van der Waals surface area contributed by atoms with Crippen LogP contribution in [-0.4, -0.2) is 18.0 Å². The number of allylic oxidation sites excluding steroid dienone is 4. The van der Waals surface area contributed by atoms with Crippen LogP contribution in [0.15, 0.2) is 23.9 Å². The molecule has 1 aliphatic heterocycles. The summed E-state index contributed by atoms with van der Waals surface area (Å²) in [5, 5.41) is 8.58. The van der Waals surface area contributed by atoms with Crippen molar-refractivity contribution in [3.8, 4) is 6.07 Å². The fourth-order valence-corrected chi connectivity index (χ4v) is 2.38. The van der Waals surface area contributed by atoms with E-state index in [9.17, 15) is 0 Å². The first-order chi connectivity index (χ1) is 6.92. The summed E-state index contributed by atoms with van der Waals surface area (Å²) in [5.74, 6) is 0.729. The van der Waals surface area contributed by atoms with Crippen molar-refractivity contribution < 1.29 is 0 Å². The second-order valence-electron chi connectivity index (χ2n) is 3.99. The summed E-state index contributed by atoms with van der Waals surface area (Å²) >= 11 is 0. The van der Waals surface area contributed by atoms with Gasteiger partial charge < -0.3 is 4.90 Å². The smallest absolute Gasteiger partial charge is 0.0640 e. The molecule has 1 fully saturated rings. The van der Waals surface area contributed by atoms with Gasteiger partial charge in [-0.15, -0.1) is 0 Å². The summed E-state index contributed by atoms with van der Waals surface area (Å²) in [5.41, 5.74) is 1.47. The molecule has 1 aliphatic carbocycles. The van der Waals surface area contributed by atoms with Crippen molar-refractivity contribution >= 4 is 0 Å². The van der Waals surface area contributed by atoms with Gasteiger partial charge in [-0.05, 0) is 25.3 Å². The third-order valence-electron chi connectivity index (χ3n) is 3.08. The van der Waals surface area contributed by atoms with Gasteiger partial charge in [-0.3, -0.25) is 0 Å². The van der Waals surface area contributed by atoms with Gasteiger partial charge in [0.15, 0.2) is 0 Å². The molecule has 2 aliphatic rings. The number of piperidine rings is 1. The lowest BCUT2D eigenvalue weighted by atomic mass is 9.88. The molecule has 14 heavy (non-hydrogen) atoms. The Balaban J connectivity index is 2.05. The van der Waals surface area contributed by atoms with E-state index in [1.165, 1.54) is 25.0 Å². The second-order valence-corrected chi connectivity index (χ2v) is 3.99. The minimum Gasteiger partial charge on any atom is -0.374 e. The van der Waals surface area contributed by atoms with Crippen molar-refractivity contribution in [1.82, 2.24) is 4.90 Å². The molecule has 2 nitrogen and oxygen atoms in total. The van der Waals surface area contributed by atoms with Crippen molar-refractivity contribution in [2.45, 2.75) is 25.7 Å². The van der Waals surface area contributed by atoms with E-state index >= 15 is 0 Å². The third-order valence-corrected chi connectivity index (χ3v) is 3.08. The molecule has 2 heteroatoms. The molecule has 0 radical (unpaired) electrons. The zero-order valence-corrected chi connectivity index (χ0v) is 8.45. The Morgan fingerprint density at radius 3 is 3.36 bits per heavy atom. The van der Waals surface area contributed by atoms with E-state index in [0.717, 1.165) is 19.0 Å². The molecule has 74 valence electrons. The number of likely N-dealkylation sites (tertiary alicyclic amines) is 1. The van der Waals surface area contributed by atoms with E-state index in [-0.39, 0.29) is 0 Å². The number of hydrogen-bond donors (Lipinski definition) is 0. The maximum Gasteiger partial charge on any atom is 0.0640 e. The Bertz CT molecular complexity index is 296. The van der Waals surface area contributed by atoms with Crippen LogP contribution < -0.4 is 0 Å². The molecule has 1 saturated heterocycles. The molecular formula is C12H16N2. The largest absolute Gasteiger partial charge is 0.374 e. The van der Waals surface area contributed by atoms with Crippen LogP contribution in [-0.2, 0) is 0 Å². The summed E-state index contributed by atoms with van der Waals surface area (Å²) in [6.07, 6.45) is 11.1. The average Bonchev–Trinajstić information content (AvgIpc) is 2.26. The van der Waals surface area contributed by atoms with Gasteiger partial charge in [-0.25, -0.2) is 0 Å². The van der Waals surface area contributed by atoms with Gasteiger partial charge in [0.1, 0.15) is 0 Å². The topological polar surface area (TPSA) is 27.0 Å². The minimum absolute atomic E-state index is 0.647. The van der Waals surface area contributed by atoms with Crippen LogP contribution in [0.25, 0.3) is 0 Å². The molecule has 1 atom stereocenters. The van der Waals surface area contributed by atoms with Gasteiger partial charge in [0.25, 0.3) is 0 Å². The van der Waals surface area contributed by atoms with E-state index in [4.69, 9.17) is 5.26 Å². The highest BCUT2D eigenvalue weighted by Gasteiger charge is 2.24. The molecule has 0 amide bonds. The first-order valence-electron chi connectivity index (χ1n) is 5.40. The van der Waals surface area contributed by atoms with Gasteiger partial charge in [-0.1, -0.05) is 12.2 Å². The highest BCUT2D eigenvalue weighted by Crippen LogP contribution is 2.32. The van der Waals surface area contributed by atoms with Crippen LogP contribution in [0.1, 0.15) is 25.7 Å². The van der Waals surface area contributed by atoms with Crippen LogP contribution in [0.5, 0.6) is 0 Å². The SMILES string of the molecule is N#CCCN1CCCC2CC=CC=C21. The third kappa shape index (κ3) is 1.82. The molecule has 2 rings (SSSR count). The highest BCUT2D eigenvalue weighted by atomic mass is 15.1. The molecule has 1 unspecified atom stereocenters. The van der Waals surface area contributed by atoms with Crippen molar-refractivity contribution in [2.75, 3.05) is 13.1 Å². The first kappa shape index (κ1) is 9.33. The lowest BCUT2D eigenvalue weighted by Crippen LogP contribution is -2.34. The Morgan fingerprint density at radius 2 is 2.50 bits per heavy atom. The lowest BCUT2D eigenvalue weighted by molar-refractivity contribution is 0.244. The van der Waals surface area contributed by atoms with Gasteiger partial charge in [-0.2, -0.15) is 5.26 Å². The van der Waals surface area contributed by atoms with Crippen LogP contribution >= 0.6 is 0 Å². The first-order valence-corrected chi connectivity index (χ1v) is 5.40.